The van der Waals surface area contributed by atoms with Crippen LogP contribution >= 0.6 is 0 Å². The van der Waals surface area contributed by atoms with Gasteiger partial charge in [0.15, 0.2) is 5.43 Å². The number of non-ortho nitro benzene ring substituents is 1. The van der Waals surface area contributed by atoms with E-state index in [4.69, 9.17) is 0 Å². The van der Waals surface area contributed by atoms with E-state index >= 15 is 0 Å². The maximum Gasteiger partial charge on any atom is 0.271 e. The number of fused-ring (bicyclic) bond motifs is 2. The smallest absolute Gasteiger partial charge is 0.271 e. The maximum absolute atomic E-state index is 12.7. The number of benzene rings is 1. The second kappa shape index (κ2) is 4.93. The van der Waals surface area contributed by atoms with Crippen LogP contribution in [0.5, 0.6) is 0 Å². The van der Waals surface area contributed by atoms with Crippen LogP contribution in [-0.2, 0) is 12.8 Å². The lowest BCUT2D eigenvalue weighted by Crippen LogP contribution is -2.31. The van der Waals surface area contributed by atoms with Crippen molar-refractivity contribution in [2.75, 3.05) is 0 Å². The predicted molar refractivity (Wildman–Crippen MR) is 86.2 cm³/mol. The molecular formula is C17H20N2O3. The van der Waals surface area contributed by atoms with Gasteiger partial charge in [0.05, 0.1) is 10.4 Å². The summed E-state index contributed by atoms with van der Waals surface area (Å²) >= 11 is 0. The lowest BCUT2D eigenvalue weighted by Gasteiger charge is -2.34. The van der Waals surface area contributed by atoms with Crippen LogP contribution in [0.4, 0.5) is 5.69 Å². The average molecular weight is 300 g/mol. The number of nitro benzene ring substituents is 1. The van der Waals surface area contributed by atoms with E-state index in [1.807, 2.05) is 0 Å². The Bertz CT molecular complexity index is 815. The molecule has 5 nitrogen and oxygen atoms in total. The Morgan fingerprint density at radius 1 is 1.32 bits per heavy atom. The molecule has 116 valence electrons. The van der Waals surface area contributed by atoms with Crippen LogP contribution in [0.25, 0.3) is 10.9 Å². The molecule has 1 unspecified atom stereocenters. The number of nitro groups is 1. The second-order valence-electron chi connectivity index (χ2n) is 7.20. The summed E-state index contributed by atoms with van der Waals surface area (Å²) in [7, 11) is 0. The Kier molecular flexibility index (Phi) is 3.31. The molecule has 0 fully saturated rings. The molecule has 1 aromatic carbocycles. The molecule has 22 heavy (non-hydrogen) atoms. The number of pyridine rings is 1. The number of hydrogen-bond donors (Lipinski definition) is 1. The molecule has 0 saturated carbocycles. The fraction of sp³-hybridized carbons (Fsp3) is 0.471. The van der Waals surface area contributed by atoms with E-state index in [0.717, 1.165) is 30.5 Å². The third kappa shape index (κ3) is 2.40. The van der Waals surface area contributed by atoms with Gasteiger partial charge in [-0.15, -0.1) is 0 Å². The van der Waals surface area contributed by atoms with E-state index in [1.54, 1.807) is 6.07 Å². The van der Waals surface area contributed by atoms with E-state index < -0.39 is 4.92 Å². The second-order valence-corrected chi connectivity index (χ2v) is 7.20. The summed E-state index contributed by atoms with van der Waals surface area (Å²) in [4.78, 5) is 26.4. The van der Waals surface area contributed by atoms with Gasteiger partial charge in [0, 0.05) is 28.8 Å². The summed E-state index contributed by atoms with van der Waals surface area (Å²) in [5, 5.41) is 11.4. The molecule has 0 aliphatic heterocycles. The van der Waals surface area contributed by atoms with Crippen molar-refractivity contribution in [2.45, 2.75) is 40.0 Å². The Hall–Kier alpha value is -2.17. The molecular weight excluding hydrogens is 280 g/mol. The quantitative estimate of drug-likeness (QED) is 0.646. The lowest BCUT2D eigenvalue weighted by atomic mass is 9.71. The molecule has 0 bridgehead atoms. The van der Waals surface area contributed by atoms with Crippen molar-refractivity contribution in [1.82, 2.24) is 4.98 Å². The van der Waals surface area contributed by atoms with E-state index in [1.165, 1.54) is 12.1 Å². The van der Waals surface area contributed by atoms with Crippen LogP contribution in [0.3, 0.4) is 0 Å². The van der Waals surface area contributed by atoms with E-state index in [0.29, 0.717) is 16.8 Å². The van der Waals surface area contributed by atoms with Crippen molar-refractivity contribution in [3.8, 4) is 0 Å². The van der Waals surface area contributed by atoms with Gasteiger partial charge in [-0.2, -0.15) is 0 Å². The van der Waals surface area contributed by atoms with Crippen LogP contribution in [0, 0.1) is 21.4 Å². The summed E-state index contributed by atoms with van der Waals surface area (Å²) < 4.78 is 0. The topological polar surface area (TPSA) is 76.0 Å². The molecule has 1 aliphatic rings. The summed E-state index contributed by atoms with van der Waals surface area (Å²) in [5.41, 5.74) is 2.56. The summed E-state index contributed by atoms with van der Waals surface area (Å²) in [5.74, 6) is 0.483. The highest BCUT2D eigenvalue weighted by Crippen LogP contribution is 2.36. The molecule has 3 rings (SSSR count). The van der Waals surface area contributed by atoms with Gasteiger partial charge in [0.25, 0.3) is 5.69 Å². The van der Waals surface area contributed by atoms with Crippen molar-refractivity contribution in [3.63, 3.8) is 0 Å². The Morgan fingerprint density at radius 3 is 2.68 bits per heavy atom. The molecule has 0 radical (unpaired) electrons. The zero-order valence-electron chi connectivity index (χ0n) is 13.1. The molecule has 5 heteroatoms. The number of rotatable bonds is 1. The van der Waals surface area contributed by atoms with Gasteiger partial charge < -0.3 is 4.98 Å². The minimum Gasteiger partial charge on any atom is -0.358 e. The zero-order chi connectivity index (χ0) is 16.1. The fourth-order valence-electron chi connectivity index (χ4n) is 3.32. The normalized spacial score (nSPS) is 18.2. The number of nitrogens with zero attached hydrogens (tertiary/aromatic N) is 1. The first-order valence-corrected chi connectivity index (χ1v) is 7.59. The first-order valence-electron chi connectivity index (χ1n) is 7.59. The largest absolute Gasteiger partial charge is 0.358 e. The number of aromatic amines is 1. The highest BCUT2D eigenvalue weighted by atomic mass is 16.6. The molecule has 0 amide bonds. The van der Waals surface area contributed by atoms with Crippen LogP contribution in [0.2, 0.25) is 0 Å². The van der Waals surface area contributed by atoms with Crippen molar-refractivity contribution >= 4 is 16.6 Å². The Balaban J connectivity index is 2.14. The number of H-pyrrole nitrogens is 1. The van der Waals surface area contributed by atoms with E-state index in [9.17, 15) is 14.9 Å². The van der Waals surface area contributed by atoms with Gasteiger partial charge >= 0.3 is 0 Å². The average Bonchev–Trinajstić information content (AvgIpc) is 2.45. The number of nitrogens with one attached hydrogen (secondary N) is 1. The zero-order valence-corrected chi connectivity index (χ0v) is 13.1. The van der Waals surface area contributed by atoms with Crippen LogP contribution in [0.15, 0.2) is 23.0 Å². The third-order valence-corrected chi connectivity index (χ3v) is 4.80. The predicted octanol–water partition coefficient (Wildman–Crippen LogP) is 3.59. The van der Waals surface area contributed by atoms with Gasteiger partial charge in [-0.05, 0) is 36.7 Å². The minimum absolute atomic E-state index is 0.00600. The standard InChI is InChI=1S/C17H20N2O3/c1-17(2,3)10-4-7-14-13(8-10)16(20)12-6-5-11(19(21)22)9-15(12)18-14/h5-6,9-10H,4,7-8H2,1-3H3,(H,18,20). The summed E-state index contributed by atoms with van der Waals surface area (Å²) in [6, 6.07) is 4.41. The molecule has 1 N–H and O–H groups in total. The van der Waals surface area contributed by atoms with Crippen molar-refractivity contribution in [1.29, 1.82) is 0 Å². The monoisotopic (exact) mass is 300 g/mol. The molecule has 1 aliphatic carbocycles. The van der Waals surface area contributed by atoms with Crippen molar-refractivity contribution in [3.05, 3.63) is 49.8 Å². The summed E-state index contributed by atoms with van der Waals surface area (Å²) in [6.07, 6.45) is 2.64. The van der Waals surface area contributed by atoms with Crippen LogP contribution in [-0.4, -0.2) is 9.91 Å². The van der Waals surface area contributed by atoms with Crippen LogP contribution < -0.4 is 5.43 Å². The molecule has 1 heterocycles. The van der Waals surface area contributed by atoms with Crippen molar-refractivity contribution < 1.29 is 4.92 Å². The fourth-order valence-corrected chi connectivity index (χ4v) is 3.32. The third-order valence-electron chi connectivity index (χ3n) is 4.80. The number of aryl methyl sites for hydroxylation is 1. The molecule has 0 spiro atoms. The van der Waals surface area contributed by atoms with E-state index in [2.05, 4.69) is 25.8 Å². The van der Waals surface area contributed by atoms with Gasteiger partial charge in [0.1, 0.15) is 0 Å². The van der Waals surface area contributed by atoms with Crippen LogP contribution in [0.1, 0.15) is 38.4 Å². The molecule has 1 atom stereocenters. The van der Waals surface area contributed by atoms with Gasteiger partial charge in [-0.25, -0.2) is 0 Å². The molecule has 0 saturated heterocycles. The summed E-state index contributed by atoms with van der Waals surface area (Å²) in [6.45, 7) is 6.63. The van der Waals surface area contributed by atoms with E-state index in [-0.39, 0.29) is 16.5 Å². The maximum atomic E-state index is 12.7. The van der Waals surface area contributed by atoms with Gasteiger partial charge in [-0.3, -0.25) is 14.9 Å². The van der Waals surface area contributed by atoms with Crippen molar-refractivity contribution in [2.24, 2.45) is 11.3 Å². The first-order chi connectivity index (χ1) is 10.3. The highest BCUT2D eigenvalue weighted by Gasteiger charge is 2.30. The Labute approximate surface area is 128 Å². The van der Waals surface area contributed by atoms with Gasteiger partial charge in [0.2, 0.25) is 0 Å². The van der Waals surface area contributed by atoms with Gasteiger partial charge in [-0.1, -0.05) is 20.8 Å². The first kappa shape index (κ1) is 14.8. The SMILES string of the molecule is CC(C)(C)C1CCc2[nH]c3cc([N+](=O)[O-])ccc3c(=O)c2C1. The highest BCUT2D eigenvalue weighted by molar-refractivity contribution is 5.81. The molecule has 2 aromatic rings. The minimum atomic E-state index is -0.438. The number of hydrogen-bond acceptors (Lipinski definition) is 3. The Morgan fingerprint density at radius 2 is 2.05 bits per heavy atom. The molecule has 1 aromatic heterocycles. The number of aromatic nitrogens is 1. The lowest BCUT2D eigenvalue weighted by molar-refractivity contribution is -0.384.